The Hall–Kier alpha value is -0.910. The maximum atomic E-state index is 11.7. The molecule has 2 unspecified atom stereocenters. The average Bonchev–Trinajstić information content (AvgIpc) is 2.32. The van der Waals surface area contributed by atoms with Gasteiger partial charge in [0.05, 0.1) is 0 Å². The summed E-state index contributed by atoms with van der Waals surface area (Å²) >= 11 is 1.76. The number of amides is 2. The van der Waals surface area contributed by atoms with Crippen LogP contribution in [0.4, 0.5) is 4.79 Å². The molecule has 5 nitrogen and oxygen atoms in total. The van der Waals surface area contributed by atoms with Gasteiger partial charge in [0.2, 0.25) is 0 Å². The third-order valence-electron chi connectivity index (χ3n) is 2.88. The summed E-state index contributed by atoms with van der Waals surface area (Å²) in [6, 6.07) is -0.211. The predicted octanol–water partition coefficient (Wildman–Crippen LogP) is 2.42. The summed E-state index contributed by atoms with van der Waals surface area (Å²) in [4.78, 5) is 22.4. The lowest BCUT2D eigenvalue weighted by Gasteiger charge is -2.18. The number of hydrogen-bond donors (Lipinski definition) is 3. The van der Waals surface area contributed by atoms with Crippen molar-refractivity contribution in [3.63, 3.8) is 0 Å². The normalized spacial score (nSPS) is 13.8. The van der Waals surface area contributed by atoms with Crippen molar-refractivity contribution < 1.29 is 14.7 Å². The molecule has 0 aliphatic rings. The number of rotatable bonds is 10. The Labute approximate surface area is 126 Å². The van der Waals surface area contributed by atoms with Gasteiger partial charge in [-0.25, -0.2) is 4.79 Å². The quantitative estimate of drug-likeness (QED) is 0.579. The van der Waals surface area contributed by atoms with Gasteiger partial charge in [0.15, 0.2) is 0 Å². The van der Waals surface area contributed by atoms with Gasteiger partial charge in [0.25, 0.3) is 0 Å². The first kappa shape index (κ1) is 19.1. The second kappa shape index (κ2) is 10.8. The van der Waals surface area contributed by atoms with Crippen LogP contribution < -0.4 is 10.6 Å². The minimum Gasteiger partial charge on any atom is -0.481 e. The highest BCUT2D eigenvalue weighted by molar-refractivity contribution is 7.98. The summed E-state index contributed by atoms with van der Waals surface area (Å²) in [6.45, 7) is 7.24. The fraction of sp³-hybridized carbons (Fsp3) is 0.857. The molecule has 0 saturated carbocycles. The van der Waals surface area contributed by atoms with Crippen molar-refractivity contribution in [1.29, 1.82) is 0 Å². The third kappa shape index (κ3) is 11.0. The number of nitrogens with one attached hydrogen (secondary N) is 2. The van der Waals surface area contributed by atoms with Crippen molar-refractivity contribution in [3.8, 4) is 0 Å². The lowest BCUT2D eigenvalue weighted by atomic mass is 9.94. The van der Waals surface area contributed by atoms with Crippen molar-refractivity contribution in [2.75, 3.05) is 25.1 Å². The van der Waals surface area contributed by atoms with Gasteiger partial charge in [0, 0.05) is 19.5 Å². The standard InChI is InChI=1S/C14H28N2O3S/c1-10(2)5-12(6-13(17)18)8-16-14(19)15-7-11(3)9-20-4/h10-12H,5-9H2,1-4H3,(H,17,18)(H2,15,16,19). The smallest absolute Gasteiger partial charge is 0.314 e. The highest BCUT2D eigenvalue weighted by atomic mass is 32.2. The van der Waals surface area contributed by atoms with Gasteiger partial charge in [-0.15, -0.1) is 0 Å². The third-order valence-corrected chi connectivity index (χ3v) is 3.78. The van der Waals surface area contributed by atoms with E-state index in [9.17, 15) is 9.59 Å². The van der Waals surface area contributed by atoms with Crippen molar-refractivity contribution in [3.05, 3.63) is 0 Å². The number of thioether (sulfide) groups is 1. The maximum absolute atomic E-state index is 11.7. The number of hydrogen-bond acceptors (Lipinski definition) is 3. The minimum atomic E-state index is -0.813. The summed E-state index contributed by atoms with van der Waals surface area (Å²) in [6.07, 6.45) is 2.94. The molecule has 0 heterocycles. The van der Waals surface area contributed by atoms with Crippen molar-refractivity contribution >= 4 is 23.8 Å². The molecule has 2 amide bonds. The summed E-state index contributed by atoms with van der Waals surface area (Å²) in [5.41, 5.74) is 0. The highest BCUT2D eigenvalue weighted by Gasteiger charge is 2.16. The van der Waals surface area contributed by atoms with Crippen LogP contribution in [-0.4, -0.2) is 42.2 Å². The summed E-state index contributed by atoms with van der Waals surface area (Å²) in [7, 11) is 0. The van der Waals surface area contributed by atoms with Crippen LogP contribution >= 0.6 is 11.8 Å². The molecule has 0 aromatic carbocycles. The van der Waals surface area contributed by atoms with E-state index in [1.54, 1.807) is 11.8 Å². The van der Waals surface area contributed by atoms with Crippen LogP contribution in [-0.2, 0) is 4.79 Å². The molecule has 118 valence electrons. The predicted molar refractivity (Wildman–Crippen MR) is 84.1 cm³/mol. The van der Waals surface area contributed by atoms with Crippen molar-refractivity contribution in [2.45, 2.75) is 33.6 Å². The zero-order chi connectivity index (χ0) is 15.5. The first-order valence-corrected chi connectivity index (χ1v) is 8.46. The molecule has 0 radical (unpaired) electrons. The Bertz CT molecular complexity index is 298. The minimum absolute atomic E-state index is 0.0122. The molecule has 0 aromatic rings. The fourth-order valence-electron chi connectivity index (χ4n) is 2.06. The molecule has 0 rings (SSSR count). The van der Waals surface area contributed by atoms with Gasteiger partial charge in [0.1, 0.15) is 0 Å². The fourth-order valence-corrected chi connectivity index (χ4v) is 2.75. The molecule has 0 aromatic heterocycles. The van der Waals surface area contributed by atoms with E-state index in [1.165, 1.54) is 0 Å². The second-order valence-corrected chi connectivity index (χ2v) is 6.66. The molecule has 0 aliphatic heterocycles. The van der Waals surface area contributed by atoms with Crippen molar-refractivity contribution in [1.82, 2.24) is 10.6 Å². The van der Waals surface area contributed by atoms with Crippen molar-refractivity contribution in [2.24, 2.45) is 17.8 Å². The van der Waals surface area contributed by atoms with Gasteiger partial charge >= 0.3 is 12.0 Å². The molecule has 0 saturated heterocycles. The zero-order valence-electron chi connectivity index (χ0n) is 12.9. The van der Waals surface area contributed by atoms with E-state index < -0.39 is 5.97 Å². The van der Waals surface area contributed by atoms with Crippen LogP contribution in [0.1, 0.15) is 33.6 Å². The molecular formula is C14H28N2O3S. The molecule has 3 N–H and O–H groups in total. The number of carbonyl (C=O) groups excluding carboxylic acids is 1. The van der Waals surface area contributed by atoms with Gasteiger partial charge < -0.3 is 15.7 Å². The summed E-state index contributed by atoms with van der Waals surface area (Å²) in [5, 5.41) is 14.5. The van der Waals surface area contributed by atoms with E-state index in [2.05, 4.69) is 31.4 Å². The lowest BCUT2D eigenvalue weighted by Crippen LogP contribution is -2.40. The van der Waals surface area contributed by atoms with Gasteiger partial charge in [-0.3, -0.25) is 4.79 Å². The van der Waals surface area contributed by atoms with E-state index >= 15 is 0 Å². The van der Waals surface area contributed by atoms with Crippen LogP contribution in [0.25, 0.3) is 0 Å². The van der Waals surface area contributed by atoms with Crippen LogP contribution in [0.3, 0.4) is 0 Å². The first-order chi connectivity index (χ1) is 9.35. The highest BCUT2D eigenvalue weighted by Crippen LogP contribution is 2.14. The molecular weight excluding hydrogens is 276 g/mol. The monoisotopic (exact) mass is 304 g/mol. The van der Waals surface area contributed by atoms with Crippen LogP contribution in [0.2, 0.25) is 0 Å². The molecule has 0 fully saturated rings. The van der Waals surface area contributed by atoms with Gasteiger partial charge in [-0.1, -0.05) is 20.8 Å². The molecule has 2 atom stereocenters. The van der Waals surface area contributed by atoms with Crippen LogP contribution in [0, 0.1) is 17.8 Å². The topological polar surface area (TPSA) is 78.4 Å². The van der Waals surface area contributed by atoms with E-state index in [0.29, 0.717) is 24.9 Å². The Kier molecular flexibility index (Phi) is 10.3. The average molecular weight is 304 g/mol. The lowest BCUT2D eigenvalue weighted by molar-refractivity contribution is -0.138. The number of carbonyl (C=O) groups is 2. The van der Waals surface area contributed by atoms with Crippen LogP contribution in [0.5, 0.6) is 0 Å². The van der Waals surface area contributed by atoms with E-state index in [4.69, 9.17) is 5.11 Å². The van der Waals surface area contributed by atoms with Gasteiger partial charge in [-0.2, -0.15) is 11.8 Å². The Morgan fingerprint density at radius 3 is 2.25 bits per heavy atom. The van der Waals surface area contributed by atoms with E-state index in [1.807, 2.05) is 6.26 Å². The van der Waals surface area contributed by atoms with E-state index in [-0.39, 0.29) is 18.4 Å². The molecule has 0 spiro atoms. The number of carboxylic acids is 1. The Balaban J connectivity index is 4.00. The molecule has 6 heteroatoms. The van der Waals surface area contributed by atoms with Gasteiger partial charge in [-0.05, 0) is 36.2 Å². The SMILES string of the molecule is CSCC(C)CNC(=O)NCC(CC(=O)O)CC(C)C. The van der Waals surface area contributed by atoms with E-state index in [0.717, 1.165) is 12.2 Å². The number of urea groups is 1. The second-order valence-electron chi connectivity index (χ2n) is 5.74. The number of carboxylic acid groups (broad SMARTS) is 1. The maximum Gasteiger partial charge on any atom is 0.314 e. The number of aliphatic carboxylic acids is 1. The zero-order valence-corrected chi connectivity index (χ0v) is 13.8. The molecule has 0 aliphatic carbocycles. The Morgan fingerprint density at radius 2 is 1.75 bits per heavy atom. The largest absolute Gasteiger partial charge is 0.481 e. The molecule has 0 bridgehead atoms. The Morgan fingerprint density at radius 1 is 1.15 bits per heavy atom. The molecule has 20 heavy (non-hydrogen) atoms. The van der Waals surface area contributed by atoms with Crippen LogP contribution in [0.15, 0.2) is 0 Å². The first-order valence-electron chi connectivity index (χ1n) is 7.07. The summed E-state index contributed by atoms with van der Waals surface area (Å²) in [5.74, 6) is 1.04. The summed E-state index contributed by atoms with van der Waals surface area (Å²) < 4.78 is 0.